The van der Waals surface area contributed by atoms with Crippen LogP contribution in [0.2, 0.25) is 0 Å². The molecule has 0 fully saturated rings. The van der Waals surface area contributed by atoms with Crippen molar-refractivity contribution in [3.63, 3.8) is 0 Å². The molecular weight excluding hydrogens is 482 g/mol. The van der Waals surface area contributed by atoms with Gasteiger partial charge < -0.3 is 9.30 Å². The lowest BCUT2D eigenvalue weighted by Gasteiger charge is -2.37. The molecule has 5 nitrogen and oxygen atoms in total. The number of carbonyl (C=O) groups is 1. The number of hydrogen-bond acceptors (Lipinski definition) is 4. The third kappa shape index (κ3) is 7.24. The predicted octanol–water partition coefficient (Wildman–Crippen LogP) is 6.77. The fraction of sp³-hybridized carbons (Fsp3) is 0.353. The van der Waals surface area contributed by atoms with E-state index in [1.54, 1.807) is 0 Å². The van der Waals surface area contributed by atoms with Crippen LogP contribution in [-0.2, 0) is 28.0 Å². The van der Waals surface area contributed by atoms with Gasteiger partial charge in [0.05, 0.1) is 30.1 Å². The molecule has 0 aliphatic carbocycles. The summed E-state index contributed by atoms with van der Waals surface area (Å²) in [6, 6.07) is 31.8. The van der Waals surface area contributed by atoms with Gasteiger partial charge in [0.15, 0.2) is 0 Å². The molecule has 0 aliphatic rings. The number of aromatic nitrogens is 2. The lowest BCUT2D eigenvalue weighted by Crippen LogP contribution is -2.45. The van der Waals surface area contributed by atoms with E-state index >= 15 is 0 Å². The summed E-state index contributed by atoms with van der Waals surface area (Å²) in [5.74, 6) is -0.359. The molecular formula is C34H41N3O2. The summed E-state index contributed by atoms with van der Waals surface area (Å²) in [4.78, 5) is 17.5. The number of carbonyl (C=O) groups excluding carboxylic acids is 1. The summed E-state index contributed by atoms with van der Waals surface area (Å²) in [6.45, 7) is 6.13. The van der Waals surface area contributed by atoms with Gasteiger partial charge in [-0.1, -0.05) is 104 Å². The van der Waals surface area contributed by atoms with Crippen molar-refractivity contribution in [1.82, 2.24) is 14.9 Å². The average Bonchev–Trinajstić information content (AvgIpc) is 3.44. The first kappa shape index (κ1) is 28.3. The number of ether oxygens (including phenoxy) is 1. The lowest BCUT2D eigenvalue weighted by atomic mass is 9.77. The number of nitrogens with one attached hydrogen (secondary N) is 1. The molecule has 0 bridgehead atoms. The maximum atomic E-state index is 12.9. The fourth-order valence-corrected chi connectivity index (χ4v) is 5.29. The quantitative estimate of drug-likeness (QED) is 0.106. The Kier molecular flexibility index (Phi) is 10.5. The average molecular weight is 524 g/mol. The van der Waals surface area contributed by atoms with Crippen LogP contribution in [0.15, 0.2) is 104 Å². The van der Waals surface area contributed by atoms with Crippen LogP contribution < -0.4 is 5.32 Å². The Morgan fingerprint density at radius 1 is 0.872 bits per heavy atom. The number of benzene rings is 3. The third-order valence-electron chi connectivity index (χ3n) is 7.27. The van der Waals surface area contributed by atoms with Crippen molar-refractivity contribution in [3.05, 3.63) is 126 Å². The van der Waals surface area contributed by atoms with Gasteiger partial charge in [-0.25, -0.2) is 4.98 Å². The molecule has 1 aromatic heterocycles. The minimum absolute atomic E-state index is 0.138. The van der Waals surface area contributed by atoms with E-state index in [2.05, 4.69) is 119 Å². The van der Waals surface area contributed by atoms with Crippen LogP contribution in [0.5, 0.6) is 0 Å². The highest BCUT2D eigenvalue weighted by Gasteiger charge is 2.35. The van der Waals surface area contributed by atoms with Crippen LogP contribution in [-0.4, -0.2) is 28.7 Å². The summed E-state index contributed by atoms with van der Waals surface area (Å²) in [6.07, 6.45) is 8.36. The van der Waals surface area contributed by atoms with Gasteiger partial charge >= 0.3 is 5.97 Å². The van der Waals surface area contributed by atoms with Crippen LogP contribution in [0.25, 0.3) is 0 Å². The summed E-state index contributed by atoms with van der Waals surface area (Å²) in [7, 11) is 0. The standard InChI is InChI=1S/C34H41N3O2/c1-3-5-24-37-26-32(35-27-37)25-28(33(38)39-4-2)16-15-23-36-34(29-17-9-6-10-18-29,30-19-11-7-12-20-30)31-21-13-8-14-22-31/h6-14,17-22,26-28,36H,3-5,15-16,23-25H2,1-2H3/t28-/m0/s1. The highest BCUT2D eigenvalue weighted by Crippen LogP contribution is 2.36. The molecule has 1 N–H and O–H groups in total. The van der Waals surface area contributed by atoms with Gasteiger partial charge in [-0.05, 0) is 49.4 Å². The lowest BCUT2D eigenvalue weighted by molar-refractivity contribution is -0.148. The van der Waals surface area contributed by atoms with Gasteiger partial charge in [-0.3, -0.25) is 10.1 Å². The molecule has 3 aromatic carbocycles. The van der Waals surface area contributed by atoms with Crippen molar-refractivity contribution in [1.29, 1.82) is 0 Å². The van der Waals surface area contributed by atoms with Crippen LogP contribution >= 0.6 is 0 Å². The second kappa shape index (κ2) is 14.5. The van der Waals surface area contributed by atoms with E-state index in [9.17, 15) is 4.79 Å². The predicted molar refractivity (Wildman–Crippen MR) is 157 cm³/mol. The molecule has 4 rings (SSSR count). The van der Waals surface area contributed by atoms with E-state index in [0.29, 0.717) is 13.0 Å². The molecule has 1 atom stereocenters. The molecule has 0 aliphatic heterocycles. The Labute approximate surface area is 233 Å². The van der Waals surface area contributed by atoms with Gasteiger partial charge in [-0.15, -0.1) is 0 Å². The Hall–Kier alpha value is -3.70. The summed E-state index contributed by atoms with van der Waals surface area (Å²) in [5, 5.41) is 3.93. The van der Waals surface area contributed by atoms with Crippen LogP contribution in [0, 0.1) is 5.92 Å². The van der Waals surface area contributed by atoms with Crippen molar-refractivity contribution in [2.24, 2.45) is 5.92 Å². The summed E-state index contributed by atoms with van der Waals surface area (Å²) in [5.41, 5.74) is 3.98. The monoisotopic (exact) mass is 523 g/mol. The zero-order chi connectivity index (χ0) is 27.3. The number of rotatable bonds is 15. The molecule has 0 radical (unpaired) electrons. The normalized spacial score (nSPS) is 12.3. The molecule has 0 saturated carbocycles. The van der Waals surface area contributed by atoms with E-state index in [0.717, 1.165) is 44.5 Å². The fourth-order valence-electron chi connectivity index (χ4n) is 5.29. The van der Waals surface area contributed by atoms with Gasteiger partial charge in [0.25, 0.3) is 0 Å². The Morgan fingerprint density at radius 3 is 1.95 bits per heavy atom. The molecule has 0 saturated heterocycles. The Bertz CT molecular complexity index is 1160. The maximum Gasteiger partial charge on any atom is 0.309 e. The number of unbranched alkanes of at least 4 members (excludes halogenated alkanes) is 1. The number of aryl methyl sites for hydroxylation is 1. The van der Waals surface area contributed by atoms with Crippen molar-refractivity contribution < 1.29 is 9.53 Å². The largest absolute Gasteiger partial charge is 0.466 e. The SMILES string of the molecule is CCCCn1cnc(C[C@H](CCCNC(c2ccccc2)(c2ccccc2)c2ccccc2)C(=O)OCC)c1. The topological polar surface area (TPSA) is 56.2 Å². The number of nitrogens with zero attached hydrogens (tertiary/aromatic N) is 2. The third-order valence-corrected chi connectivity index (χ3v) is 7.27. The van der Waals surface area contributed by atoms with Crippen molar-refractivity contribution in [3.8, 4) is 0 Å². The van der Waals surface area contributed by atoms with Crippen molar-refractivity contribution in [2.75, 3.05) is 13.2 Å². The molecule has 4 aromatic rings. The minimum atomic E-state index is -0.513. The number of imidazole rings is 1. The molecule has 39 heavy (non-hydrogen) atoms. The first-order valence-electron chi connectivity index (χ1n) is 14.3. The number of esters is 1. The van der Waals surface area contributed by atoms with Crippen LogP contribution in [0.1, 0.15) is 61.9 Å². The van der Waals surface area contributed by atoms with E-state index < -0.39 is 5.54 Å². The van der Waals surface area contributed by atoms with Gasteiger partial charge in [0.2, 0.25) is 0 Å². The van der Waals surface area contributed by atoms with Crippen LogP contribution in [0.4, 0.5) is 0 Å². The van der Waals surface area contributed by atoms with E-state index in [1.807, 2.05) is 13.3 Å². The number of hydrogen-bond donors (Lipinski definition) is 1. The second-order valence-electron chi connectivity index (χ2n) is 10.0. The highest BCUT2D eigenvalue weighted by atomic mass is 16.5. The minimum Gasteiger partial charge on any atom is -0.466 e. The van der Waals surface area contributed by atoms with E-state index in [1.165, 1.54) is 16.7 Å². The van der Waals surface area contributed by atoms with Crippen molar-refractivity contribution >= 4 is 5.97 Å². The van der Waals surface area contributed by atoms with Crippen molar-refractivity contribution in [2.45, 2.75) is 58.0 Å². The van der Waals surface area contributed by atoms with Gasteiger partial charge in [-0.2, -0.15) is 0 Å². The molecule has 0 spiro atoms. The van der Waals surface area contributed by atoms with Gasteiger partial charge in [0, 0.05) is 19.2 Å². The van der Waals surface area contributed by atoms with Gasteiger partial charge in [0.1, 0.15) is 0 Å². The molecule has 0 amide bonds. The van der Waals surface area contributed by atoms with E-state index in [4.69, 9.17) is 4.74 Å². The first-order valence-corrected chi connectivity index (χ1v) is 14.3. The summed E-state index contributed by atoms with van der Waals surface area (Å²) >= 11 is 0. The molecule has 204 valence electrons. The Balaban J connectivity index is 1.54. The Morgan fingerprint density at radius 2 is 1.44 bits per heavy atom. The molecule has 1 heterocycles. The molecule has 0 unspecified atom stereocenters. The second-order valence-corrected chi connectivity index (χ2v) is 10.0. The zero-order valence-corrected chi connectivity index (χ0v) is 23.3. The highest BCUT2D eigenvalue weighted by molar-refractivity contribution is 5.72. The van der Waals surface area contributed by atoms with E-state index in [-0.39, 0.29) is 11.9 Å². The zero-order valence-electron chi connectivity index (χ0n) is 23.3. The maximum absolute atomic E-state index is 12.9. The first-order chi connectivity index (χ1) is 19.2. The van der Waals surface area contributed by atoms with Crippen LogP contribution in [0.3, 0.4) is 0 Å². The summed E-state index contributed by atoms with van der Waals surface area (Å²) < 4.78 is 7.58. The smallest absolute Gasteiger partial charge is 0.309 e. The molecule has 5 heteroatoms.